The summed E-state index contributed by atoms with van der Waals surface area (Å²) >= 11 is 0. The topological polar surface area (TPSA) is 26.3 Å². The van der Waals surface area contributed by atoms with E-state index in [1.54, 1.807) is 0 Å². The van der Waals surface area contributed by atoms with Crippen LogP contribution >= 0.6 is 0 Å². The highest BCUT2D eigenvalue weighted by Crippen LogP contribution is 2.16. The molecule has 0 aromatic rings. The van der Waals surface area contributed by atoms with Gasteiger partial charge in [-0.15, -0.1) is 0 Å². The van der Waals surface area contributed by atoms with Gasteiger partial charge in [-0.25, -0.2) is 0 Å². The van der Waals surface area contributed by atoms with Crippen molar-refractivity contribution >= 4 is 5.97 Å². The molecule has 0 heterocycles. The fourth-order valence-electron chi connectivity index (χ4n) is 1.41. The molecule has 2 heteroatoms. The zero-order valence-corrected chi connectivity index (χ0v) is 9.14. The van der Waals surface area contributed by atoms with Crippen LogP contribution in [0.2, 0.25) is 0 Å². The molecule has 0 radical (unpaired) electrons. The Kier molecular flexibility index (Phi) is 7.76. The first-order chi connectivity index (χ1) is 6.20. The number of esters is 1. The number of carbonyl (C=O) groups is 1. The summed E-state index contributed by atoms with van der Waals surface area (Å²) in [4.78, 5) is 10.5. The van der Waals surface area contributed by atoms with Crippen molar-refractivity contribution in [3.63, 3.8) is 0 Å². The average molecular weight is 186 g/mol. The number of hydrogen-bond acceptors (Lipinski definition) is 2. The maximum atomic E-state index is 10.5. The molecule has 2 nitrogen and oxygen atoms in total. The van der Waals surface area contributed by atoms with Crippen molar-refractivity contribution in [3.8, 4) is 0 Å². The molecule has 78 valence electrons. The lowest BCUT2D eigenvalue weighted by molar-refractivity contribution is -0.141. The van der Waals surface area contributed by atoms with Gasteiger partial charge in [0.1, 0.15) is 0 Å². The summed E-state index contributed by atoms with van der Waals surface area (Å²) in [5, 5.41) is 0. The lowest BCUT2D eigenvalue weighted by Gasteiger charge is -2.13. The third-order valence-electron chi connectivity index (χ3n) is 2.37. The molecule has 0 aliphatic heterocycles. The van der Waals surface area contributed by atoms with Gasteiger partial charge in [-0.2, -0.15) is 0 Å². The standard InChI is InChI=1S/C11H22O2/c1-4-6-7-11(5-2)8-9-13-10(3)12/h11H,4-9H2,1-3H3. The average Bonchev–Trinajstić information content (AvgIpc) is 2.10. The molecule has 0 aromatic heterocycles. The van der Waals surface area contributed by atoms with Crippen molar-refractivity contribution in [2.45, 2.75) is 52.9 Å². The second kappa shape index (κ2) is 8.09. The maximum Gasteiger partial charge on any atom is 0.302 e. The Hall–Kier alpha value is -0.530. The van der Waals surface area contributed by atoms with Crippen LogP contribution in [0.4, 0.5) is 0 Å². The van der Waals surface area contributed by atoms with Gasteiger partial charge in [-0.1, -0.05) is 39.5 Å². The third-order valence-corrected chi connectivity index (χ3v) is 2.37. The van der Waals surface area contributed by atoms with Crippen molar-refractivity contribution in [1.29, 1.82) is 0 Å². The molecule has 0 fully saturated rings. The van der Waals surface area contributed by atoms with E-state index in [2.05, 4.69) is 13.8 Å². The number of unbranched alkanes of at least 4 members (excludes halogenated alkanes) is 1. The first-order valence-corrected chi connectivity index (χ1v) is 5.34. The van der Waals surface area contributed by atoms with Crippen LogP contribution in [-0.4, -0.2) is 12.6 Å². The van der Waals surface area contributed by atoms with Crippen LogP contribution < -0.4 is 0 Å². The monoisotopic (exact) mass is 186 g/mol. The van der Waals surface area contributed by atoms with Gasteiger partial charge in [-0.3, -0.25) is 4.79 Å². The number of carbonyl (C=O) groups excluding carboxylic acids is 1. The fourth-order valence-corrected chi connectivity index (χ4v) is 1.41. The lowest BCUT2D eigenvalue weighted by atomic mass is 9.96. The molecule has 0 N–H and O–H groups in total. The van der Waals surface area contributed by atoms with Gasteiger partial charge in [0.05, 0.1) is 6.61 Å². The van der Waals surface area contributed by atoms with E-state index < -0.39 is 0 Å². The highest BCUT2D eigenvalue weighted by Gasteiger charge is 2.05. The maximum absolute atomic E-state index is 10.5. The first-order valence-electron chi connectivity index (χ1n) is 5.34. The van der Waals surface area contributed by atoms with Gasteiger partial charge >= 0.3 is 5.97 Å². The molecular weight excluding hydrogens is 164 g/mol. The zero-order valence-electron chi connectivity index (χ0n) is 9.14. The number of ether oxygens (including phenoxy) is 1. The predicted octanol–water partition coefficient (Wildman–Crippen LogP) is 3.16. The highest BCUT2D eigenvalue weighted by molar-refractivity contribution is 5.65. The van der Waals surface area contributed by atoms with Crippen LogP contribution in [0.15, 0.2) is 0 Å². The lowest BCUT2D eigenvalue weighted by Crippen LogP contribution is -2.07. The molecule has 0 amide bonds. The van der Waals surface area contributed by atoms with E-state index in [0.29, 0.717) is 6.61 Å². The molecule has 0 saturated heterocycles. The first kappa shape index (κ1) is 12.5. The van der Waals surface area contributed by atoms with Gasteiger partial charge in [0.25, 0.3) is 0 Å². The zero-order chi connectivity index (χ0) is 10.1. The van der Waals surface area contributed by atoms with Gasteiger partial charge in [0.15, 0.2) is 0 Å². The summed E-state index contributed by atoms with van der Waals surface area (Å²) in [5.74, 6) is 0.574. The van der Waals surface area contributed by atoms with Crippen LogP contribution in [0.3, 0.4) is 0 Å². The highest BCUT2D eigenvalue weighted by atomic mass is 16.5. The normalized spacial score (nSPS) is 12.5. The summed E-state index contributed by atoms with van der Waals surface area (Å²) < 4.78 is 4.92. The smallest absolute Gasteiger partial charge is 0.302 e. The molecule has 0 spiro atoms. The minimum absolute atomic E-state index is 0.162. The van der Waals surface area contributed by atoms with E-state index in [9.17, 15) is 4.79 Å². The van der Waals surface area contributed by atoms with Gasteiger partial charge in [0.2, 0.25) is 0 Å². The van der Waals surface area contributed by atoms with Gasteiger partial charge in [-0.05, 0) is 12.3 Å². The van der Waals surface area contributed by atoms with Gasteiger partial charge < -0.3 is 4.74 Å². The number of rotatable bonds is 7. The van der Waals surface area contributed by atoms with E-state index in [4.69, 9.17) is 4.74 Å². The van der Waals surface area contributed by atoms with Crippen LogP contribution in [0.25, 0.3) is 0 Å². The quantitative estimate of drug-likeness (QED) is 0.571. The molecule has 0 saturated carbocycles. The van der Waals surface area contributed by atoms with E-state index in [1.807, 2.05) is 0 Å². The molecule has 1 atom stereocenters. The Balaban J connectivity index is 3.41. The van der Waals surface area contributed by atoms with Crippen LogP contribution in [0.1, 0.15) is 52.9 Å². The summed E-state index contributed by atoms with van der Waals surface area (Å²) in [7, 11) is 0. The Bertz CT molecular complexity index is 132. The molecule has 0 rings (SSSR count). The third kappa shape index (κ3) is 7.82. The molecule has 13 heavy (non-hydrogen) atoms. The Labute approximate surface area is 81.7 Å². The molecule has 0 aromatic carbocycles. The van der Waals surface area contributed by atoms with E-state index in [0.717, 1.165) is 12.3 Å². The van der Waals surface area contributed by atoms with Crippen molar-refractivity contribution in [2.24, 2.45) is 5.92 Å². The Morgan fingerprint density at radius 3 is 2.46 bits per heavy atom. The minimum Gasteiger partial charge on any atom is -0.466 e. The van der Waals surface area contributed by atoms with Crippen molar-refractivity contribution in [1.82, 2.24) is 0 Å². The molecule has 0 aliphatic carbocycles. The summed E-state index contributed by atoms with van der Waals surface area (Å²) in [6.07, 6.45) is 6.04. The second-order valence-corrected chi connectivity index (χ2v) is 3.55. The van der Waals surface area contributed by atoms with E-state index in [1.165, 1.54) is 32.6 Å². The second-order valence-electron chi connectivity index (χ2n) is 3.55. The number of hydrogen-bond donors (Lipinski definition) is 0. The van der Waals surface area contributed by atoms with Crippen molar-refractivity contribution in [2.75, 3.05) is 6.61 Å². The van der Waals surface area contributed by atoms with Crippen LogP contribution in [-0.2, 0) is 9.53 Å². The summed E-state index contributed by atoms with van der Waals surface area (Å²) in [6.45, 7) is 6.47. The molecule has 0 bridgehead atoms. The van der Waals surface area contributed by atoms with Crippen LogP contribution in [0, 0.1) is 5.92 Å². The van der Waals surface area contributed by atoms with Crippen molar-refractivity contribution in [3.05, 3.63) is 0 Å². The minimum atomic E-state index is -0.162. The summed E-state index contributed by atoms with van der Waals surface area (Å²) in [5.41, 5.74) is 0. The fraction of sp³-hybridized carbons (Fsp3) is 0.909. The van der Waals surface area contributed by atoms with E-state index >= 15 is 0 Å². The van der Waals surface area contributed by atoms with E-state index in [-0.39, 0.29) is 5.97 Å². The SMILES string of the molecule is CCCCC(CC)CCOC(C)=O. The molecule has 1 unspecified atom stereocenters. The molecular formula is C11H22O2. The predicted molar refractivity (Wildman–Crippen MR) is 54.6 cm³/mol. The largest absolute Gasteiger partial charge is 0.466 e. The Morgan fingerprint density at radius 2 is 2.00 bits per heavy atom. The van der Waals surface area contributed by atoms with Crippen molar-refractivity contribution < 1.29 is 9.53 Å². The van der Waals surface area contributed by atoms with Crippen LogP contribution in [0.5, 0.6) is 0 Å². The molecule has 0 aliphatic rings. The van der Waals surface area contributed by atoms with Gasteiger partial charge in [0, 0.05) is 6.92 Å². The summed E-state index contributed by atoms with van der Waals surface area (Å²) in [6, 6.07) is 0. The Morgan fingerprint density at radius 1 is 1.31 bits per heavy atom.